The highest BCUT2D eigenvalue weighted by molar-refractivity contribution is 6.02. The lowest BCUT2D eigenvalue weighted by Crippen LogP contribution is -2.35. The molecule has 2 heteroatoms. The Bertz CT molecular complexity index is 560. The second-order valence-corrected chi connectivity index (χ2v) is 4.41. The number of aliphatic hydroxyl groups is 1. The lowest BCUT2D eigenvalue weighted by molar-refractivity contribution is 0.0313. The van der Waals surface area contributed by atoms with Crippen molar-refractivity contribution in [2.75, 3.05) is 0 Å². The second-order valence-electron chi connectivity index (χ2n) is 4.41. The van der Waals surface area contributed by atoms with E-state index in [0.29, 0.717) is 11.1 Å². The minimum Gasteiger partial charge on any atom is -0.377 e. The SMILES string of the molecule is C=CCC(O)(C(=O)c1ccccc1)c1ccccc1. The molecule has 0 amide bonds. The average Bonchev–Trinajstić information content (AvgIpc) is 2.48. The van der Waals surface area contributed by atoms with Crippen LogP contribution in [0.15, 0.2) is 73.3 Å². The zero-order chi connectivity index (χ0) is 13.7. The van der Waals surface area contributed by atoms with Crippen molar-refractivity contribution >= 4 is 5.78 Å². The number of carbonyl (C=O) groups excluding carboxylic acids is 1. The molecule has 0 heterocycles. The quantitative estimate of drug-likeness (QED) is 0.654. The average molecular weight is 252 g/mol. The fourth-order valence-corrected chi connectivity index (χ4v) is 2.09. The topological polar surface area (TPSA) is 37.3 Å². The lowest BCUT2D eigenvalue weighted by atomic mass is 9.83. The molecule has 0 aliphatic carbocycles. The van der Waals surface area contributed by atoms with E-state index in [-0.39, 0.29) is 12.2 Å². The van der Waals surface area contributed by atoms with E-state index in [0.717, 1.165) is 0 Å². The van der Waals surface area contributed by atoms with E-state index in [1.165, 1.54) is 0 Å². The van der Waals surface area contributed by atoms with E-state index in [1.54, 1.807) is 42.5 Å². The number of carbonyl (C=O) groups is 1. The van der Waals surface area contributed by atoms with Gasteiger partial charge in [-0.2, -0.15) is 0 Å². The molecule has 96 valence electrons. The van der Waals surface area contributed by atoms with E-state index in [1.807, 2.05) is 24.3 Å². The maximum absolute atomic E-state index is 12.6. The molecule has 2 aromatic rings. The van der Waals surface area contributed by atoms with Crippen molar-refractivity contribution < 1.29 is 9.90 Å². The van der Waals surface area contributed by atoms with E-state index < -0.39 is 5.60 Å². The second kappa shape index (κ2) is 5.63. The summed E-state index contributed by atoms with van der Waals surface area (Å²) in [5, 5.41) is 10.8. The van der Waals surface area contributed by atoms with Gasteiger partial charge in [0.25, 0.3) is 0 Å². The molecule has 0 radical (unpaired) electrons. The molecule has 0 saturated heterocycles. The van der Waals surface area contributed by atoms with Crippen LogP contribution in [0.3, 0.4) is 0 Å². The van der Waals surface area contributed by atoms with Gasteiger partial charge in [0, 0.05) is 12.0 Å². The van der Waals surface area contributed by atoms with Crippen LogP contribution in [0.2, 0.25) is 0 Å². The Morgan fingerprint density at radius 2 is 1.58 bits per heavy atom. The van der Waals surface area contributed by atoms with Gasteiger partial charge in [-0.1, -0.05) is 66.7 Å². The van der Waals surface area contributed by atoms with Crippen molar-refractivity contribution in [3.8, 4) is 0 Å². The first-order valence-electron chi connectivity index (χ1n) is 6.17. The van der Waals surface area contributed by atoms with Crippen molar-refractivity contribution in [3.63, 3.8) is 0 Å². The molecule has 2 nitrogen and oxygen atoms in total. The van der Waals surface area contributed by atoms with Crippen LogP contribution in [0, 0.1) is 0 Å². The Morgan fingerprint density at radius 1 is 1.05 bits per heavy atom. The van der Waals surface area contributed by atoms with Gasteiger partial charge in [0.05, 0.1) is 0 Å². The molecule has 0 bridgehead atoms. The number of hydrogen-bond acceptors (Lipinski definition) is 2. The summed E-state index contributed by atoms with van der Waals surface area (Å²) >= 11 is 0. The minimum atomic E-state index is -1.55. The number of Topliss-reactive ketones (excluding diaryl/α,β-unsaturated/α-hetero) is 1. The Balaban J connectivity index is 2.46. The standard InChI is InChI=1S/C17H16O2/c1-2-13-17(19,15-11-7-4-8-12-15)16(18)14-9-5-3-6-10-14/h2-12,19H,1,13H2. The molecular formula is C17H16O2. The van der Waals surface area contributed by atoms with Gasteiger partial charge in [0.15, 0.2) is 11.4 Å². The molecule has 19 heavy (non-hydrogen) atoms. The van der Waals surface area contributed by atoms with Gasteiger partial charge < -0.3 is 5.11 Å². The highest BCUT2D eigenvalue weighted by Crippen LogP contribution is 2.29. The maximum atomic E-state index is 12.6. The van der Waals surface area contributed by atoms with Crippen molar-refractivity contribution in [2.45, 2.75) is 12.0 Å². The first-order chi connectivity index (χ1) is 9.18. The Hall–Kier alpha value is -2.19. The third kappa shape index (κ3) is 2.64. The number of benzene rings is 2. The summed E-state index contributed by atoms with van der Waals surface area (Å²) in [5.74, 6) is -0.306. The van der Waals surface area contributed by atoms with Crippen molar-refractivity contribution in [3.05, 3.63) is 84.4 Å². The summed E-state index contributed by atoms with van der Waals surface area (Å²) in [7, 11) is 0. The molecule has 0 saturated carbocycles. The molecule has 0 fully saturated rings. The summed E-state index contributed by atoms with van der Waals surface area (Å²) in [5.41, 5.74) is -0.468. The largest absolute Gasteiger partial charge is 0.377 e. The Morgan fingerprint density at radius 3 is 2.11 bits per heavy atom. The third-order valence-electron chi connectivity index (χ3n) is 3.10. The Labute approximate surface area is 113 Å². The van der Waals surface area contributed by atoms with Gasteiger partial charge in [-0.25, -0.2) is 0 Å². The zero-order valence-corrected chi connectivity index (χ0v) is 10.6. The summed E-state index contributed by atoms with van der Waals surface area (Å²) in [4.78, 5) is 12.6. The highest BCUT2D eigenvalue weighted by atomic mass is 16.3. The summed E-state index contributed by atoms with van der Waals surface area (Å²) < 4.78 is 0. The third-order valence-corrected chi connectivity index (χ3v) is 3.10. The Kier molecular flexibility index (Phi) is 3.93. The van der Waals surface area contributed by atoms with Crippen LogP contribution in [-0.4, -0.2) is 10.9 Å². The maximum Gasteiger partial charge on any atom is 0.199 e. The smallest absolute Gasteiger partial charge is 0.199 e. The molecule has 1 atom stereocenters. The molecule has 0 aliphatic rings. The predicted molar refractivity (Wildman–Crippen MR) is 75.9 cm³/mol. The van der Waals surface area contributed by atoms with Crippen molar-refractivity contribution in [2.24, 2.45) is 0 Å². The molecule has 0 aromatic heterocycles. The van der Waals surface area contributed by atoms with Gasteiger partial charge in [-0.15, -0.1) is 6.58 Å². The van der Waals surface area contributed by atoms with Crippen molar-refractivity contribution in [1.29, 1.82) is 0 Å². The summed E-state index contributed by atoms with van der Waals surface area (Å²) in [6.07, 6.45) is 1.75. The van der Waals surface area contributed by atoms with Crippen LogP contribution in [-0.2, 0) is 5.60 Å². The van der Waals surface area contributed by atoms with Crippen LogP contribution < -0.4 is 0 Å². The molecule has 2 aromatic carbocycles. The van der Waals surface area contributed by atoms with Crippen LogP contribution in [0.4, 0.5) is 0 Å². The fraction of sp³-hybridized carbons (Fsp3) is 0.118. The number of rotatable bonds is 5. The first kappa shape index (κ1) is 13.2. The van der Waals surface area contributed by atoms with Crippen LogP contribution in [0.25, 0.3) is 0 Å². The zero-order valence-electron chi connectivity index (χ0n) is 10.6. The van der Waals surface area contributed by atoms with Gasteiger partial charge in [0.1, 0.15) is 0 Å². The molecule has 2 rings (SSSR count). The van der Waals surface area contributed by atoms with Gasteiger partial charge >= 0.3 is 0 Å². The van der Waals surface area contributed by atoms with Crippen LogP contribution >= 0.6 is 0 Å². The summed E-state index contributed by atoms with van der Waals surface area (Å²) in [6, 6.07) is 17.8. The number of hydrogen-bond donors (Lipinski definition) is 1. The predicted octanol–water partition coefficient (Wildman–Crippen LogP) is 3.33. The molecule has 1 N–H and O–H groups in total. The fourth-order valence-electron chi connectivity index (χ4n) is 2.09. The van der Waals surface area contributed by atoms with E-state index in [2.05, 4.69) is 6.58 Å². The van der Waals surface area contributed by atoms with E-state index in [4.69, 9.17) is 0 Å². The lowest BCUT2D eigenvalue weighted by Gasteiger charge is -2.26. The van der Waals surface area contributed by atoms with Crippen LogP contribution in [0.5, 0.6) is 0 Å². The number of ketones is 1. The van der Waals surface area contributed by atoms with Gasteiger partial charge in [-0.3, -0.25) is 4.79 Å². The molecule has 0 spiro atoms. The van der Waals surface area contributed by atoms with E-state index >= 15 is 0 Å². The first-order valence-corrected chi connectivity index (χ1v) is 6.17. The van der Waals surface area contributed by atoms with Gasteiger partial charge in [-0.05, 0) is 5.56 Å². The molecule has 1 unspecified atom stereocenters. The van der Waals surface area contributed by atoms with Crippen LogP contribution in [0.1, 0.15) is 22.3 Å². The highest BCUT2D eigenvalue weighted by Gasteiger charge is 2.36. The van der Waals surface area contributed by atoms with Gasteiger partial charge in [0.2, 0.25) is 0 Å². The van der Waals surface area contributed by atoms with Crippen molar-refractivity contribution in [1.82, 2.24) is 0 Å². The van der Waals surface area contributed by atoms with E-state index in [9.17, 15) is 9.90 Å². The minimum absolute atomic E-state index is 0.185. The molecule has 0 aliphatic heterocycles. The normalized spacial score (nSPS) is 13.5. The monoisotopic (exact) mass is 252 g/mol. The summed E-state index contributed by atoms with van der Waals surface area (Å²) in [6.45, 7) is 3.64. The molecular weight excluding hydrogens is 236 g/mol.